The molecule has 0 unspecified atom stereocenters. The van der Waals surface area contributed by atoms with Gasteiger partial charge in [0.05, 0.1) is 0 Å². The van der Waals surface area contributed by atoms with Crippen LogP contribution in [0.1, 0.15) is 16.7 Å². The van der Waals surface area contributed by atoms with E-state index in [1.54, 1.807) is 18.5 Å². The molecule has 0 amide bonds. The first-order valence-corrected chi connectivity index (χ1v) is 9.61. The highest BCUT2D eigenvalue weighted by Gasteiger charge is 2.17. The minimum atomic E-state index is -1.46. The smallest absolute Gasteiger partial charge is 0.423 e. The second-order valence-corrected chi connectivity index (χ2v) is 7.01. The van der Waals surface area contributed by atoms with Crippen LogP contribution in [-0.2, 0) is 13.0 Å². The second kappa shape index (κ2) is 8.82. The fraction of sp³-hybridized carbons (Fsp3) is 0.0833. The van der Waals surface area contributed by atoms with E-state index >= 15 is 0 Å². The Hall–Kier alpha value is -3.28. The van der Waals surface area contributed by atoms with Gasteiger partial charge in [0.1, 0.15) is 0 Å². The van der Waals surface area contributed by atoms with E-state index in [1.165, 1.54) is 11.1 Å². The summed E-state index contributed by atoms with van der Waals surface area (Å²) in [6.07, 6.45) is 8.41. The van der Waals surface area contributed by atoms with Gasteiger partial charge in [0.2, 0.25) is 0 Å². The van der Waals surface area contributed by atoms with E-state index in [4.69, 9.17) is 0 Å². The molecule has 4 nitrogen and oxygen atoms in total. The van der Waals surface area contributed by atoms with Crippen LogP contribution >= 0.6 is 0 Å². The molecule has 2 aromatic carbocycles. The number of hydrogen-bond donors (Lipinski definition) is 2. The molecule has 2 N–H and O–H groups in total. The molecular weight excluding hydrogens is 359 g/mol. The third-order valence-electron chi connectivity index (χ3n) is 5.09. The lowest BCUT2D eigenvalue weighted by molar-refractivity contribution is -0.688. The van der Waals surface area contributed by atoms with Crippen molar-refractivity contribution in [2.24, 2.45) is 0 Å². The standard InChI is InChI=1S/C24H22BN2O2/c28-25(29)24-8-4-3-6-22(24)17-21-5-1-2-7-23(21)18-27-15-11-20(12-16-27)19-9-13-26-14-10-19/h1-16,28-29H,17-18H2/q+1. The second-order valence-electron chi connectivity index (χ2n) is 7.01. The van der Waals surface area contributed by atoms with Gasteiger partial charge in [0.25, 0.3) is 0 Å². The molecule has 0 spiro atoms. The number of benzene rings is 2. The van der Waals surface area contributed by atoms with E-state index in [2.05, 4.69) is 46.2 Å². The lowest BCUT2D eigenvalue weighted by Gasteiger charge is -2.11. The zero-order valence-electron chi connectivity index (χ0n) is 16.0. The van der Waals surface area contributed by atoms with Gasteiger partial charge in [0.15, 0.2) is 18.9 Å². The van der Waals surface area contributed by atoms with Crippen molar-refractivity contribution in [3.63, 3.8) is 0 Å². The quantitative estimate of drug-likeness (QED) is 0.398. The van der Waals surface area contributed by atoms with Gasteiger partial charge in [-0.05, 0) is 46.3 Å². The number of rotatable bonds is 6. The molecule has 0 bridgehead atoms. The predicted octanol–water partition coefficient (Wildman–Crippen LogP) is 2.36. The van der Waals surface area contributed by atoms with Crippen LogP contribution in [0.3, 0.4) is 0 Å². The normalized spacial score (nSPS) is 10.7. The summed E-state index contributed by atoms with van der Waals surface area (Å²) in [7, 11) is -1.46. The van der Waals surface area contributed by atoms with Gasteiger partial charge >= 0.3 is 7.12 Å². The number of hydrogen-bond acceptors (Lipinski definition) is 3. The van der Waals surface area contributed by atoms with Crippen LogP contribution in [0.2, 0.25) is 0 Å². The van der Waals surface area contributed by atoms with Crippen LogP contribution in [0, 0.1) is 0 Å². The van der Waals surface area contributed by atoms with E-state index in [-0.39, 0.29) is 0 Å². The van der Waals surface area contributed by atoms with E-state index in [0.29, 0.717) is 11.9 Å². The lowest BCUT2D eigenvalue weighted by Crippen LogP contribution is -2.34. The molecule has 0 atom stereocenters. The van der Waals surface area contributed by atoms with Gasteiger partial charge < -0.3 is 10.0 Å². The van der Waals surface area contributed by atoms with Crippen LogP contribution in [0.25, 0.3) is 11.1 Å². The molecule has 29 heavy (non-hydrogen) atoms. The minimum Gasteiger partial charge on any atom is -0.423 e. The maximum Gasteiger partial charge on any atom is 0.488 e. The Morgan fingerprint density at radius 1 is 0.690 bits per heavy atom. The molecule has 4 rings (SSSR count). The van der Waals surface area contributed by atoms with Gasteiger partial charge in [0, 0.05) is 30.1 Å². The lowest BCUT2D eigenvalue weighted by atomic mass is 9.75. The summed E-state index contributed by atoms with van der Waals surface area (Å²) in [5.74, 6) is 0. The van der Waals surface area contributed by atoms with Crippen molar-refractivity contribution in [2.45, 2.75) is 13.0 Å². The summed E-state index contributed by atoms with van der Waals surface area (Å²) >= 11 is 0. The molecule has 0 aliphatic heterocycles. The highest BCUT2D eigenvalue weighted by Crippen LogP contribution is 2.17. The van der Waals surface area contributed by atoms with Crippen molar-refractivity contribution in [2.75, 3.05) is 0 Å². The Bertz CT molecular complexity index is 1080. The van der Waals surface area contributed by atoms with Crippen molar-refractivity contribution in [3.05, 3.63) is 114 Å². The van der Waals surface area contributed by atoms with Crippen LogP contribution in [0.5, 0.6) is 0 Å². The van der Waals surface area contributed by atoms with Gasteiger partial charge in [-0.25, -0.2) is 4.57 Å². The molecule has 0 radical (unpaired) electrons. The van der Waals surface area contributed by atoms with Crippen LogP contribution in [0.4, 0.5) is 0 Å². The third kappa shape index (κ3) is 4.59. The number of aromatic nitrogens is 2. The molecule has 2 aromatic heterocycles. The topological polar surface area (TPSA) is 57.2 Å². The molecule has 0 saturated heterocycles. The van der Waals surface area contributed by atoms with Gasteiger partial charge in [-0.3, -0.25) is 4.98 Å². The van der Waals surface area contributed by atoms with E-state index in [1.807, 2.05) is 42.5 Å². The fourth-order valence-corrected chi connectivity index (χ4v) is 3.53. The summed E-state index contributed by atoms with van der Waals surface area (Å²) < 4.78 is 2.15. The van der Waals surface area contributed by atoms with E-state index in [0.717, 1.165) is 23.2 Å². The SMILES string of the molecule is OB(O)c1ccccc1Cc1ccccc1C[n+]1ccc(-c2ccncc2)cc1. The first-order valence-electron chi connectivity index (χ1n) is 9.61. The third-order valence-corrected chi connectivity index (χ3v) is 5.09. The van der Waals surface area contributed by atoms with E-state index in [9.17, 15) is 10.0 Å². The first-order chi connectivity index (χ1) is 14.2. The molecule has 0 fully saturated rings. The average molecular weight is 381 g/mol. The zero-order valence-corrected chi connectivity index (χ0v) is 16.0. The summed E-state index contributed by atoms with van der Waals surface area (Å²) in [5, 5.41) is 19.3. The predicted molar refractivity (Wildman–Crippen MR) is 114 cm³/mol. The maximum atomic E-state index is 9.65. The summed E-state index contributed by atoms with van der Waals surface area (Å²) in [5.41, 5.74) is 6.15. The molecule has 4 aromatic rings. The Labute approximate surface area is 170 Å². The molecule has 2 heterocycles. The van der Waals surface area contributed by atoms with Crippen molar-refractivity contribution in [1.82, 2.24) is 4.98 Å². The molecular formula is C24H22BN2O2+. The Balaban J connectivity index is 1.56. The molecule has 0 aliphatic carbocycles. The molecule has 5 heteroatoms. The van der Waals surface area contributed by atoms with E-state index < -0.39 is 7.12 Å². The highest BCUT2D eigenvalue weighted by atomic mass is 16.4. The number of nitrogens with zero attached hydrogens (tertiary/aromatic N) is 2. The van der Waals surface area contributed by atoms with Crippen molar-refractivity contribution in [3.8, 4) is 11.1 Å². The van der Waals surface area contributed by atoms with Crippen LogP contribution < -0.4 is 10.0 Å². The van der Waals surface area contributed by atoms with Crippen molar-refractivity contribution in [1.29, 1.82) is 0 Å². The Morgan fingerprint density at radius 3 is 1.97 bits per heavy atom. The minimum absolute atomic E-state index is 0.552. The summed E-state index contributed by atoms with van der Waals surface area (Å²) in [6.45, 7) is 0.747. The fourth-order valence-electron chi connectivity index (χ4n) is 3.53. The van der Waals surface area contributed by atoms with Crippen molar-refractivity contribution >= 4 is 12.6 Å². The summed E-state index contributed by atoms with van der Waals surface area (Å²) in [4.78, 5) is 4.07. The summed E-state index contributed by atoms with van der Waals surface area (Å²) in [6, 6.07) is 24.0. The monoisotopic (exact) mass is 381 g/mol. The maximum absolute atomic E-state index is 9.65. The molecule has 0 saturated carbocycles. The van der Waals surface area contributed by atoms with Crippen molar-refractivity contribution < 1.29 is 14.6 Å². The molecule has 142 valence electrons. The average Bonchev–Trinajstić information content (AvgIpc) is 2.76. The van der Waals surface area contributed by atoms with Crippen LogP contribution in [-0.4, -0.2) is 22.2 Å². The van der Waals surface area contributed by atoms with Gasteiger partial charge in [-0.2, -0.15) is 0 Å². The van der Waals surface area contributed by atoms with Gasteiger partial charge in [-0.1, -0.05) is 48.5 Å². The Morgan fingerprint density at radius 2 is 1.28 bits per heavy atom. The Kier molecular flexibility index (Phi) is 5.80. The largest absolute Gasteiger partial charge is 0.488 e. The zero-order chi connectivity index (χ0) is 20.1. The highest BCUT2D eigenvalue weighted by molar-refractivity contribution is 6.59. The molecule has 0 aliphatic rings. The first kappa shape index (κ1) is 19.1. The van der Waals surface area contributed by atoms with Gasteiger partial charge in [-0.15, -0.1) is 0 Å². The van der Waals surface area contributed by atoms with Crippen LogP contribution in [0.15, 0.2) is 97.6 Å². The number of pyridine rings is 2.